The molecule has 0 aliphatic carbocycles. The Bertz CT molecular complexity index is 412. The zero-order valence-corrected chi connectivity index (χ0v) is 10.7. The van der Waals surface area contributed by atoms with Crippen LogP contribution in [0.15, 0.2) is 23.8 Å². The van der Waals surface area contributed by atoms with Crippen molar-refractivity contribution in [2.45, 2.75) is 25.8 Å². The molecule has 1 rings (SSSR count). The number of piperidine rings is 1. The molecule has 1 N–H and O–H groups in total. The molecule has 1 heterocycles. The molecule has 0 spiro atoms. The van der Waals surface area contributed by atoms with E-state index in [4.69, 9.17) is 0 Å². The zero-order chi connectivity index (χ0) is 13.7. The van der Waals surface area contributed by atoms with E-state index in [1.54, 1.807) is 20.0 Å². The maximum atomic E-state index is 11.7. The maximum absolute atomic E-state index is 11.7. The summed E-state index contributed by atoms with van der Waals surface area (Å²) < 4.78 is 0. The van der Waals surface area contributed by atoms with Crippen molar-refractivity contribution in [3.05, 3.63) is 23.8 Å². The number of hydrogen-bond donors (Lipinski definition) is 1. The Morgan fingerprint density at radius 2 is 2.22 bits per heavy atom. The molecule has 1 aliphatic rings. The second-order valence-corrected chi connectivity index (χ2v) is 4.41. The van der Waals surface area contributed by atoms with Crippen molar-refractivity contribution in [1.29, 1.82) is 0 Å². The molecule has 1 fully saturated rings. The van der Waals surface area contributed by atoms with Crippen LogP contribution >= 0.6 is 0 Å². The first-order valence-corrected chi connectivity index (χ1v) is 5.81. The summed E-state index contributed by atoms with van der Waals surface area (Å²) in [4.78, 5) is 35.3. The number of carbonyl (C=O) groups is 3. The van der Waals surface area contributed by atoms with Crippen LogP contribution in [0.1, 0.15) is 19.8 Å². The standard InChI is InChI=1S/C13H18N2O3/c1-4-10(9(2)8-16)7-15(3)11-5-6-12(17)14-13(11)18/h4,8,11H,1,5-7H2,2-3H3,(H,14,17,18)/b10-9-. The Morgan fingerprint density at radius 3 is 2.72 bits per heavy atom. The molecule has 2 amide bonds. The van der Waals surface area contributed by atoms with Crippen LogP contribution in [-0.2, 0) is 14.4 Å². The maximum Gasteiger partial charge on any atom is 0.243 e. The molecule has 5 heteroatoms. The number of allylic oxidation sites excluding steroid dienone is 1. The first kappa shape index (κ1) is 14.3. The van der Waals surface area contributed by atoms with Gasteiger partial charge in [-0.3, -0.25) is 24.6 Å². The Balaban J connectivity index is 2.73. The molecule has 0 saturated carbocycles. The fraction of sp³-hybridized carbons (Fsp3) is 0.462. The van der Waals surface area contributed by atoms with Gasteiger partial charge in [0.05, 0.1) is 6.04 Å². The summed E-state index contributed by atoms with van der Waals surface area (Å²) in [6, 6.07) is -0.336. The minimum absolute atomic E-state index is 0.229. The summed E-state index contributed by atoms with van der Waals surface area (Å²) >= 11 is 0. The van der Waals surface area contributed by atoms with Crippen molar-refractivity contribution >= 4 is 18.1 Å². The van der Waals surface area contributed by atoms with Gasteiger partial charge < -0.3 is 0 Å². The van der Waals surface area contributed by atoms with Gasteiger partial charge in [-0.15, -0.1) is 0 Å². The van der Waals surface area contributed by atoms with Crippen LogP contribution in [0.25, 0.3) is 0 Å². The number of carbonyl (C=O) groups excluding carboxylic acids is 3. The Morgan fingerprint density at radius 1 is 1.56 bits per heavy atom. The molecule has 0 aromatic carbocycles. The summed E-state index contributed by atoms with van der Waals surface area (Å²) in [6.07, 6.45) is 3.24. The van der Waals surface area contributed by atoms with Gasteiger partial charge in [0.2, 0.25) is 11.8 Å². The lowest BCUT2D eigenvalue weighted by atomic mass is 10.0. The van der Waals surface area contributed by atoms with E-state index in [2.05, 4.69) is 11.9 Å². The number of amides is 2. The van der Waals surface area contributed by atoms with Gasteiger partial charge in [0.15, 0.2) is 0 Å². The van der Waals surface area contributed by atoms with E-state index in [1.807, 2.05) is 4.90 Å². The molecular formula is C13H18N2O3. The predicted molar refractivity (Wildman–Crippen MR) is 67.8 cm³/mol. The first-order valence-electron chi connectivity index (χ1n) is 5.81. The monoisotopic (exact) mass is 250 g/mol. The molecule has 0 radical (unpaired) electrons. The lowest BCUT2D eigenvalue weighted by Gasteiger charge is -2.30. The molecule has 1 unspecified atom stereocenters. The highest BCUT2D eigenvalue weighted by Gasteiger charge is 2.29. The van der Waals surface area contributed by atoms with Crippen molar-refractivity contribution in [2.24, 2.45) is 0 Å². The first-order chi connectivity index (χ1) is 8.49. The fourth-order valence-corrected chi connectivity index (χ4v) is 1.91. The summed E-state index contributed by atoms with van der Waals surface area (Å²) in [5.41, 5.74) is 1.39. The van der Waals surface area contributed by atoms with Crippen molar-refractivity contribution in [3.8, 4) is 0 Å². The van der Waals surface area contributed by atoms with Gasteiger partial charge in [0.1, 0.15) is 6.29 Å². The van der Waals surface area contributed by atoms with E-state index in [1.165, 1.54) is 0 Å². The van der Waals surface area contributed by atoms with Crippen LogP contribution in [0.4, 0.5) is 0 Å². The minimum Gasteiger partial charge on any atom is -0.298 e. The summed E-state index contributed by atoms with van der Waals surface area (Å²) in [6.45, 7) is 5.83. The lowest BCUT2D eigenvalue weighted by molar-refractivity contribution is -0.137. The molecular weight excluding hydrogens is 232 g/mol. The van der Waals surface area contributed by atoms with E-state index >= 15 is 0 Å². The number of aldehydes is 1. The molecule has 5 nitrogen and oxygen atoms in total. The van der Waals surface area contributed by atoms with E-state index in [0.29, 0.717) is 25.0 Å². The summed E-state index contributed by atoms with van der Waals surface area (Å²) in [5.74, 6) is -0.505. The van der Waals surface area contributed by atoms with Crippen LogP contribution in [0, 0.1) is 0 Å². The highest BCUT2D eigenvalue weighted by Crippen LogP contribution is 2.14. The number of likely N-dealkylation sites (N-methyl/N-ethyl adjacent to an activating group) is 1. The molecule has 1 saturated heterocycles. The second kappa shape index (κ2) is 6.26. The van der Waals surface area contributed by atoms with Crippen molar-refractivity contribution in [3.63, 3.8) is 0 Å². The van der Waals surface area contributed by atoms with Crippen molar-refractivity contribution in [2.75, 3.05) is 13.6 Å². The third kappa shape index (κ3) is 3.37. The van der Waals surface area contributed by atoms with E-state index < -0.39 is 0 Å². The highest BCUT2D eigenvalue weighted by atomic mass is 16.2. The smallest absolute Gasteiger partial charge is 0.243 e. The Hall–Kier alpha value is -1.75. The molecule has 0 bridgehead atoms. The normalized spacial score (nSPS) is 21.4. The van der Waals surface area contributed by atoms with E-state index in [0.717, 1.165) is 11.9 Å². The van der Waals surface area contributed by atoms with Gasteiger partial charge in [-0.25, -0.2) is 0 Å². The number of rotatable bonds is 5. The Labute approximate surface area is 107 Å². The number of hydrogen-bond acceptors (Lipinski definition) is 4. The average Bonchev–Trinajstić information content (AvgIpc) is 2.34. The zero-order valence-electron chi connectivity index (χ0n) is 10.7. The topological polar surface area (TPSA) is 66.5 Å². The summed E-state index contributed by atoms with van der Waals surface area (Å²) in [7, 11) is 1.79. The van der Waals surface area contributed by atoms with Crippen LogP contribution in [-0.4, -0.2) is 42.6 Å². The van der Waals surface area contributed by atoms with Crippen LogP contribution < -0.4 is 5.32 Å². The highest BCUT2D eigenvalue weighted by molar-refractivity contribution is 6.00. The lowest BCUT2D eigenvalue weighted by Crippen LogP contribution is -2.51. The fourth-order valence-electron chi connectivity index (χ4n) is 1.91. The number of imide groups is 1. The van der Waals surface area contributed by atoms with Gasteiger partial charge in [-0.1, -0.05) is 12.7 Å². The number of nitrogens with zero attached hydrogens (tertiary/aromatic N) is 1. The van der Waals surface area contributed by atoms with E-state index in [9.17, 15) is 14.4 Å². The summed E-state index contributed by atoms with van der Waals surface area (Å²) in [5, 5.41) is 2.31. The average molecular weight is 250 g/mol. The molecule has 1 aliphatic heterocycles. The molecule has 0 aromatic heterocycles. The third-order valence-corrected chi connectivity index (χ3v) is 3.09. The molecule has 18 heavy (non-hydrogen) atoms. The largest absolute Gasteiger partial charge is 0.298 e. The minimum atomic E-state index is -0.336. The third-order valence-electron chi connectivity index (χ3n) is 3.09. The predicted octanol–water partition coefficient (Wildman–Crippen LogP) is 0.425. The van der Waals surface area contributed by atoms with Gasteiger partial charge in [-0.05, 0) is 31.5 Å². The van der Waals surface area contributed by atoms with Gasteiger partial charge in [0.25, 0.3) is 0 Å². The van der Waals surface area contributed by atoms with Gasteiger partial charge >= 0.3 is 0 Å². The van der Waals surface area contributed by atoms with Crippen LogP contribution in [0.5, 0.6) is 0 Å². The van der Waals surface area contributed by atoms with Crippen LogP contribution in [0.3, 0.4) is 0 Å². The van der Waals surface area contributed by atoms with E-state index in [-0.39, 0.29) is 17.9 Å². The quantitative estimate of drug-likeness (QED) is 0.332. The molecule has 0 aromatic rings. The number of nitrogens with one attached hydrogen (secondary N) is 1. The second-order valence-electron chi connectivity index (χ2n) is 4.41. The molecule has 1 atom stereocenters. The van der Waals surface area contributed by atoms with Gasteiger partial charge in [0, 0.05) is 13.0 Å². The van der Waals surface area contributed by atoms with Crippen molar-refractivity contribution < 1.29 is 14.4 Å². The Kier molecular flexibility index (Phi) is 4.97. The van der Waals surface area contributed by atoms with Gasteiger partial charge in [-0.2, -0.15) is 0 Å². The van der Waals surface area contributed by atoms with Crippen LogP contribution in [0.2, 0.25) is 0 Å². The van der Waals surface area contributed by atoms with Crippen molar-refractivity contribution in [1.82, 2.24) is 10.2 Å². The SMILES string of the molecule is C=C/C(CN(C)C1CCC(=O)NC1=O)=C(\C)C=O. The molecule has 98 valence electrons.